The van der Waals surface area contributed by atoms with E-state index in [-0.39, 0.29) is 5.91 Å². The predicted molar refractivity (Wildman–Crippen MR) is 78.5 cm³/mol. The number of nitrogens with one attached hydrogen (secondary N) is 1. The Morgan fingerprint density at radius 3 is 2.67 bits per heavy atom. The van der Waals surface area contributed by atoms with Crippen LogP contribution in [-0.4, -0.2) is 29.2 Å². The molecule has 0 spiro atoms. The first kappa shape index (κ1) is 15.3. The second-order valence-electron chi connectivity index (χ2n) is 5.28. The number of rotatable bonds is 5. The fourth-order valence-corrected chi connectivity index (χ4v) is 2.24. The van der Waals surface area contributed by atoms with E-state index >= 15 is 0 Å². The van der Waals surface area contributed by atoms with Crippen LogP contribution in [0.15, 0.2) is 30.3 Å². The Bertz CT molecular complexity index is 542. The van der Waals surface area contributed by atoms with E-state index in [4.69, 9.17) is 9.84 Å². The number of carbonyl (C=O) groups is 2. The third-order valence-electron chi connectivity index (χ3n) is 3.55. The summed E-state index contributed by atoms with van der Waals surface area (Å²) in [4.78, 5) is 22.5. The van der Waals surface area contributed by atoms with Gasteiger partial charge in [0.15, 0.2) is 0 Å². The van der Waals surface area contributed by atoms with Gasteiger partial charge in [0.05, 0.1) is 0 Å². The third-order valence-corrected chi connectivity index (χ3v) is 3.55. The van der Waals surface area contributed by atoms with Gasteiger partial charge in [0.1, 0.15) is 5.60 Å². The molecule has 1 unspecified atom stereocenters. The van der Waals surface area contributed by atoms with Crippen molar-refractivity contribution in [2.24, 2.45) is 0 Å². The molecule has 1 aliphatic heterocycles. The molecular formula is C16H19NO4. The molecule has 1 aliphatic rings. The quantitative estimate of drug-likeness (QED) is 0.813. The van der Waals surface area contributed by atoms with E-state index in [2.05, 4.69) is 5.32 Å². The number of carbonyl (C=O) groups excluding carboxylic acids is 1. The van der Waals surface area contributed by atoms with Gasteiger partial charge in [-0.25, -0.2) is 4.79 Å². The molecular weight excluding hydrogens is 270 g/mol. The molecule has 1 amide bonds. The van der Waals surface area contributed by atoms with E-state index in [0.29, 0.717) is 13.2 Å². The molecule has 5 nitrogen and oxygen atoms in total. The van der Waals surface area contributed by atoms with Crippen molar-refractivity contribution in [1.82, 2.24) is 5.32 Å². The minimum absolute atomic E-state index is 0.0881. The zero-order valence-electron chi connectivity index (χ0n) is 12.0. The number of hydrogen-bond donors (Lipinski definition) is 2. The summed E-state index contributed by atoms with van der Waals surface area (Å²) in [6.07, 6.45) is 4.28. The second-order valence-corrected chi connectivity index (χ2v) is 5.28. The Morgan fingerprint density at radius 1 is 1.38 bits per heavy atom. The summed E-state index contributed by atoms with van der Waals surface area (Å²) in [6.45, 7) is 2.88. The summed E-state index contributed by atoms with van der Waals surface area (Å²) < 4.78 is 5.49. The minimum Gasteiger partial charge on any atom is -0.478 e. The molecule has 5 heteroatoms. The van der Waals surface area contributed by atoms with Crippen LogP contribution in [0.2, 0.25) is 0 Å². The zero-order chi connectivity index (χ0) is 15.3. The van der Waals surface area contributed by atoms with Crippen molar-refractivity contribution in [3.8, 4) is 0 Å². The van der Waals surface area contributed by atoms with Crippen molar-refractivity contribution >= 4 is 18.0 Å². The van der Waals surface area contributed by atoms with Crippen molar-refractivity contribution in [1.29, 1.82) is 0 Å². The van der Waals surface area contributed by atoms with Gasteiger partial charge in [-0.2, -0.15) is 0 Å². The fraction of sp³-hybridized carbons (Fsp3) is 0.375. The van der Waals surface area contributed by atoms with Gasteiger partial charge >= 0.3 is 5.97 Å². The highest BCUT2D eigenvalue weighted by Crippen LogP contribution is 2.25. The number of ether oxygens (including phenoxy) is 1. The first-order chi connectivity index (χ1) is 9.99. The SMILES string of the molecule is CC1(C(=O)NCc2ccc(/C=C/C(=O)O)cc2)CCCO1. The molecule has 21 heavy (non-hydrogen) atoms. The van der Waals surface area contributed by atoms with Gasteiger partial charge in [-0.15, -0.1) is 0 Å². The fourth-order valence-electron chi connectivity index (χ4n) is 2.24. The molecule has 2 rings (SSSR count). The molecule has 1 aromatic carbocycles. The number of aliphatic carboxylic acids is 1. The third kappa shape index (κ3) is 4.16. The maximum Gasteiger partial charge on any atom is 0.328 e. The number of carboxylic acids is 1. The van der Waals surface area contributed by atoms with Gasteiger partial charge in [-0.1, -0.05) is 24.3 Å². The number of amides is 1. The topological polar surface area (TPSA) is 75.6 Å². The lowest BCUT2D eigenvalue weighted by Crippen LogP contribution is -2.43. The second kappa shape index (κ2) is 6.54. The first-order valence-corrected chi connectivity index (χ1v) is 6.92. The molecule has 0 aromatic heterocycles. The molecule has 0 saturated carbocycles. The average molecular weight is 289 g/mol. The van der Waals surface area contributed by atoms with E-state index in [1.807, 2.05) is 31.2 Å². The van der Waals surface area contributed by atoms with Crippen LogP contribution >= 0.6 is 0 Å². The van der Waals surface area contributed by atoms with Gasteiger partial charge in [-0.3, -0.25) is 4.79 Å². The average Bonchev–Trinajstić information content (AvgIpc) is 2.92. The molecule has 0 aliphatic carbocycles. The largest absolute Gasteiger partial charge is 0.478 e. The maximum absolute atomic E-state index is 12.1. The van der Waals surface area contributed by atoms with E-state index in [1.165, 1.54) is 6.08 Å². The Kier molecular flexibility index (Phi) is 4.75. The van der Waals surface area contributed by atoms with Crippen LogP contribution in [0.3, 0.4) is 0 Å². The Balaban J connectivity index is 1.89. The first-order valence-electron chi connectivity index (χ1n) is 6.92. The van der Waals surface area contributed by atoms with Crippen LogP contribution in [0.25, 0.3) is 6.08 Å². The smallest absolute Gasteiger partial charge is 0.328 e. The van der Waals surface area contributed by atoms with Crippen molar-refractivity contribution in [2.45, 2.75) is 31.9 Å². The van der Waals surface area contributed by atoms with Gasteiger partial charge < -0.3 is 15.2 Å². The summed E-state index contributed by atoms with van der Waals surface area (Å²) >= 11 is 0. The zero-order valence-corrected chi connectivity index (χ0v) is 12.0. The highest BCUT2D eigenvalue weighted by molar-refractivity contribution is 5.85. The molecule has 1 heterocycles. The molecule has 1 saturated heterocycles. The minimum atomic E-state index is -0.976. The highest BCUT2D eigenvalue weighted by atomic mass is 16.5. The highest BCUT2D eigenvalue weighted by Gasteiger charge is 2.37. The molecule has 0 bridgehead atoms. The lowest BCUT2D eigenvalue weighted by atomic mass is 10.0. The van der Waals surface area contributed by atoms with Crippen molar-refractivity contribution < 1.29 is 19.4 Å². The normalized spacial score (nSPS) is 21.6. The van der Waals surface area contributed by atoms with E-state index < -0.39 is 11.6 Å². The monoisotopic (exact) mass is 289 g/mol. The summed E-state index contributed by atoms with van der Waals surface area (Å²) in [5, 5.41) is 11.4. The lowest BCUT2D eigenvalue weighted by molar-refractivity contribution is -0.139. The summed E-state index contributed by atoms with van der Waals surface area (Å²) in [6, 6.07) is 7.35. The lowest BCUT2D eigenvalue weighted by Gasteiger charge is -2.21. The Morgan fingerprint density at radius 2 is 2.10 bits per heavy atom. The number of benzene rings is 1. The number of carboxylic acid groups (broad SMARTS) is 1. The Labute approximate surface area is 123 Å². The van der Waals surface area contributed by atoms with Crippen molar-refractivity contribution in [3.05, 3.63) is 41.5 Å². The summed E-state index contributed by atoms with van der Waals surface area (Å²) in [5.41, 5.74) is 1.06. The molecule has 1 atom stereocenters. The van der Waals surface area contributed by atoms with Crippen molar-refractivity contribution in [3.63, 3.8) is 0 Å². The summed E-state index contributed by atoms with van der Waals surface area (Å²) in [5.74, 6) is -1.06. The van der Waals surface area contributed by atoms with Crippen LogP contribution in [0.5, 0.6) is 0 Å². The summed E-state index contributed by atoms with van der Waals surface area (Å²) in [7, 11) is 0. The Hall–Kier alpha value is -2.14. The maximum atomic E-state index is 12.1. The molecule has 0 radical (unpaired) electrons. The molecule has 2 N–H and O–H groups in total. The molecule has 1 fully saturated rings. The van der Waals surface area contributed by atoms with Crippen LogP contribution in [0, 0.1) is 0 Å². The van der Waals surface area contributed by atoms with Crippen LogP contribution in [-0.2, 0) is 20.9 Å². The predicted octanol–water partition coefficient (Wildman–Crippen LogP) is 1.97. The van der Waals surface area contributed by atoms with Crippen LogP contribution in [0.4, 0.5) is 0 Å². The van der Waals surface area contributed by atoms with Gasteiger partial charge in [0.25, 0.3) is 5.91 Å². The van der Waals surface area contributed by atoms with E-state index in [9.17, 15) is 9.59 Å². The van der Waals surface area contributed by atoms with E-state index in [1.54, 1.807) is 0 Å². The molecule has 112 valence electrons. The standard InChI is InChI=1S/C16H19NO4/c1-16(9-2-10-21-16)15(20)17-11-13-5-3-12(4-6-13)7-8-14(18)19/h3-8H,2,9-11H2,1H3,(H,17,20)(H,18,19)/b8-7+. The van der Waals surface area contributed by atoms with Crippen molar-refractivity contribution in [2.75, 3.05) is 6.61 Å². The van der Waals surface area contributed by atoms with Crippen LogP contribution < -0.4 is 5.32 Å². The van der Waals surface area contributed by atoms with Crippen LogP contribution in [0.1, 0.15) is 30.9 Å². The molecule has 1 aromatic rings. The van der Waals surface area contributed by atoms with Gasteiger partial charge in [-0.05, 0) is 37.0 Å². The number of hydrogen-bond acceptors (Lipinski definition) is 3. The van der Waals surface area contributed by atoms with Gasteiger partial charge in [0.2, 0.25) is 0 Å². The van der Waals surface area contributed by atoms with E-state index in [0.717, 1.165) is 30.0 Å². The van der Waals surface area contributed by atoms with Gasteiger partial charge in [0, 0.05) is 19.2 Å².